The zero-order chi connectivity index (χ0) is 24.4. The van der Waals surface area contributed by atoms with Crippen molar-refractivity contribution in [3.05, 3.63) is 45.9 Å². The van der Waals surface area contributed by atoms with E-state index in [1.54, 1.807) is 17.5 Å². The first-order valence-corrected chi connectivity index (χ1v) is 12.3. The molecule has 2 unspecified atom stereocenters. The van der Waals surface area contributed by atoms with E-state index in [4.69, 9.17) is 16.3 Å². The van der Waals surface area contributed by atoms with E-state index < -0.39 is 17.1 Å². The molecule has 2 N–H and O–H groups in total. The molecule has 1 amide bonds. The fraction of sp³-hybridized carbons (Fsp3) is 0.542. The Morgan fingerprint density at radius 3 is 2.55 bits per heavy atom. The van der Waals surface area contributed by atoms with Gasteiger partial charge in [0, 0.05) is 28.9 Å². The van der Waals surface area contributed by atoms with Crippen molar-refractivity contribution >= 4 is 39.9 Å². The molecule has 1 aliphatic rings. The average molecular weight is 494 g/mol. The second-order valence-electron chi connectivity index (χ2n) is 9.52. The van der Waals surface area contributed by atoms with Crippen molar-refractivity contribution in [3.63, 3.8) is 0 Å². The van der Waals surface area contributed by atoms with E-state index in [9.17, 15) is 14.7 Å². The monoisotopic (exact) mass is 493 g/mol. The maximum absolute atomic E-state index is 13.5. The Labute approximate surface area is 204 Å². The van der Waals surface area contributed by atoms with Gasteiger partial charge in [-0.25, -0.2) is 4.98 Å². The molecule has 2 aromatic rings. The Balaban J connectivity index is 1.73. The van der Waals surface area contributed by atoms with Crippen LogP contribution in [0.25, 0.3) is 0 Å². The zero-order valence-electron chi connectivity index (χ0n) is 19.7. The van der Waals surface area contributed by atoms with Crippen LogP contribution in [0, 0.1) is 11.3 Å². The number of thiazole rings is 1. The maximum Gasteiger partial charge on any atom is 0.311 e. The SMILES string of the molecule is COC(=O)Cc1csc(NC(C(=O)N2CCC(O)(c3ccc(Cl)cc3)C(C)(C)C2)C(C)C)n1. The predicted molar refractivity (Wildman–Crippen MR) is 130 cm³/mol. The molecule has 1 saturated heterocycles. The lowest BCUT2D eigenvalue weighted by molar-refractivity contribution is -0.154. The molecular formula is C24H32ClN3O4S. The molecule has 0 aliphatic carbocycles. The Hall–Kier alpha value is -2.16. The van der Waals surface area contributed by atoms with E-state index in [1.165, 1.54) is 18.4 Å². The molecule has 33 heavy (non-hydrogen) atoms. The first-order valence-electron chi connectivity index (χ1n) is 11.0. The van der Waals surface area contributed by atoms with Gasteiger partial charge in [-0.3, -0.25) is 9.59 Å². The van der Waals surface area contributed by atoms with Gasteiger partial charge in [0.05, 0.1) is 24.8 Å². The number of aromatic nitrogens is 1. The van der Waals surface area contributed by atoms with Gasteiger partial charge in [-0.2, -0.15) is 0 Å². The highest BCUT2D eigenvalue weighted by Crippen LogP contribution is 2.46. The van der Waals surface area contributed by atoms with Crippen LogP contribution in [-0.4, -0.2) is 53.1 Å². The standard InChI is InChI=1S/C24H32ClN3O4S/c1-15(2)20(27-22-26-18(13-33-22)12-19(29)32-5)21(30)28-11-10-24(31,23(3,4)14-28)16-6-8-17(25)9-7-16/h6-9,13,15,20,31H,10-12,14H2,1-5H3,(H,26,27). The average Bonchev–Trinajstić information content (AvgIpc) is 3.20. The summed E-state index contributed by atoms with van der Waals surface area (Å²) in [6, 6.07) is 6.80. The van der Waals surface area contributed by atoms with E-state index in [-0.39, 0.29) is 24.2 Å². The molecule has 9 heteroatoms. The van der Waals surface area contributed by atoms with Gasteiger partial charge in [-0.1, -0.05) is 51.4 Å². The second kappa shape index (κ2) is 9.99. The van der Waals surface area contributed by atoms with Crippen LogP contribution in [0.1, 0.15) is 45.4 Å². The van der Waals surface area contributed by atoms with Gasteiger partial charge in [-0.05, 0) is 30.0 Å². The fourth-order valence-electron chi connectivity index (χ4n) is 4.29. The molecule has 0 radical (unpaired) electrons. The predicted octanol–water partition coefficient (Wildman–Crippen LogP) is 4.09. The van der Waals surface area contributed by atoms with Crippen LogP contribution in [0.2, 0.25) is 5.02 Å². The molecule has 1 aromatic carbocycles. The molecule has 1 aromatic heterocycles. The summed E-state index contributed by atoms with van der Waals surface area (Å²) >= 11 is 7.39. The number of amides is 1. The molecule has 2 atom stereocenters. The van der Waals surface area contributed by atoms with Gasteiger partial charge in [0.15, 0.2) is 5.13 Å². The lowest BCUT2D eigenvalue weighted by Crippen LogP contribution is -2.59. The minimum atomic E-state index is -1.06. The van der Waals surface area contributed by atoms with Crippen LogP contribution in [0.3, 0.4) is 0 Å². The van der Waals surface area contributed by atoms with Crippen LogP contribution >= 0.6 is 22.9 Å². The number of nitrogens with zero attached hydrogens (tertiary/aromatic N) is 2. The van der Waals surface area contributed by atoms with E-state index in [2.05, 4.69) is 10.3 Å². The second-order valence-corrected chi connectivity index (χ2v) is 10.8. The summed E-state index contributed by atoms with van der Waals surface area (Å²) in [6.07, 6.45) is 0.525. The number of rotatable bonds is 7. The van der Waals surface area contributed by atoms with Crippen LogP contribution < -0.4 is 5.32 Å². The van der Waals surface area contributed by atoms with Crippen molar-refractivity contribution < 1.29 is 19.4 Å². The third-order valence-corrected chi connectivity index (χ3v) is 7.47. The minimum absolute atomic E-state index is 0.0191. The number of halogens is 1. The number of likely N-dealkylation sites (tertiary alicyclic amines) is 1. The quantitative estimate of drug-likeness (QED) is 0.564. The molecule has 0 spiro atoms. The highest BCUT2D eigenvalue weighted by molar-refractivity contribution is 7.13. The molecule has 0 saturated carbocycles. The van der Waals surface area contributed by atoms with Crippen molar-refractivity contribution in [1.29, 1.82) is 0 Å². The van der Waals surface area contributed by atoms with Gasteiger partial charge >= 0.3 is 5.97 Å². The van der Waals surface area contributed by atoms with Gasteiger partial charge < -0.3 is 20.1 Å². The smallest absolute Gasteiger partial charge is 0.311 e. The molecule has 2 heterocycles. The number of piperidine rings is 1. The summed E-state index contributed by atoms with van der Waals surface area (Å²) in [4.78, 5) is 31.3. The summed E-state index contributed by atoms with van der Waals surface area (Å²) < 4.78 is 4.69. The topological polar surface area (TPSA) is 91.8 Å². The van der Waals surface area contributed by atoms with Gasteiger partial charge in [0.1, 0.15) is 6.04 Å². The van der Waals surface area contributed by atoms with Crippen molar-refractivity contribution in [2.45, 2.75) is 52.2 Å². The number of hydrogen-bond donors (Lipinski definition) is 2. The van der Waals surface area contributed by atoms with E-state index >= 15 is 0 Å². The van der Waals surface area contributed by atoms with Crippen LogP contribution in [-0.2, 0) is 26.3 Å². The Bertz CT molecular complexity index is 992. The summed E-state index contributed by atoms with van der Waals surface area (Å²) in [5.74, 6) is -0.362. The summed E-state index contributed by atoms with van der Waals surface area (Å²) in [7, 11) is 1.34. The Morgan fingerprint density at radius 2 is 1.97 bits per heavy atom. The first-order chi connectivity index (χ1) is 15.5. The van der Waals surface area contributed by atoms with Gasteiger partial charge in [0.2, 0.25) is 5.91 Å². The molecular weight excluding hydrogens is 462 g/mol. The van der Waals surface area contributed by atoms with Crippen LogP contribution in [0.4, 0.5) is 5.13 Å². The lowest BCUT2D eigenvalue weighted by Gasteiger charge is -2.51. The maximum atomic E-state index is 13.5. The highest BCUT2D eigenvalue weighted by Gasteiger charge is 2.50. The lowest BCUT2D eigenvalue weighted by atomic mass is 9.66. The summed E-state index contributed by atoms with van der Waals surface area (Å²) in [5.41, 5.74) is -0.210. The van der Waals surface area contributed by atoms with E-state index in [0.29, 0.717) is 35.4 Å². The van der Waals surface area contributed by atoms with Gasteiger partial charge in [-0.15, -0.1) is 11.3 Å². The largest absolute Gasteiger partial charge is 0.469 e. The number of carbonyl (C=O) groups is 2. The summed E-state index contributed by atoms with van der Waals surface area (Å²) in [6.45, 7) is 8.80. The zero-order valence-corrected chi connectivity index (χ0v) is 21.3. The van der Waals surface area contributed by atoms with Crippen molar-refractivity contribution in [3.8, 4) is 0 Å². The number of hydrogen-bond acceptors (Lipinski definition) is 7. The van der Waals surface area contributed by atoms with Crippen molar-refractivity contribution in [2.24, 2.45) is 11.3 Å². The summed E-state index contributed by atoms with van der Waals surface area (Å²) in [5, 5.41) is 17.9. The van der Waals surface area contributed by atoms with E-state index in [1.807, 2.05) is 44.7 Å². The highest BCUT2D eigenvalue weighted by atomic mass is 35.5. The number of nitrogens with one attached hydrogen (secondary N) is 1. The third kappa shape index (κ3) is 5.50. The molecule has 1 aliphatic heterocycles. The number of esters is 1. The number of aliphatic hydroxyl groups is 1. The molecule has 3 rings (SSSR count). The molecule has 0 bridgehead atoms. The van der Waals surface area contributed by atoms with Gasteiger partial charge in [0.25, 0.3) is 0 Å². The Kier molecular flexibility index (Phi) is 7.71. The van der Waals surface area contributed by atoms with Crippen LogP contribution in [0.5, 0.6) is 0 Å². The van der Waals surface area contributed by atoms with Crippen molar-refractivity contribution in [1.82, 2.24) is 9.88 Å². The number of benzene rings is 1. The molecule has 1 fully saturated rings. The van der Waals surface area contributed by atoms with Crippen molar-refractivity contribution in [2.75, 3.05) is 25.5 Å². The van der Waals surface area contributed by atoms with Crippen LogP contribution in [0.15, 0.2) is 29.6 Å². The third-order valence-electron chi connectivity index (χ3n) is 6.40. The molecule has 180 valence electrons. The normalized spacial score (nSPS) is 21.0. The number of methoxy groups -OCH3 is 1. The minimum Gasteiger partial charge on any atom is -0.469 e. The Morgan fingerprint density at radius 1 is 1.30 bits per heavy atom. The van der Waals surface area contributed by atoms with E-state index in [0.717, 1.165) is 5.56 Å². The number of ether oxygens (including phenoxy) is 1. The number of carbonyl (C=O) groups excluding carboxylic acids is 2. The molecule has 7 nitrogen and oxygen atoms in total. The fourth-order valence-corrected chi connectivity index (χ4v) is 5.16. The first kappa shape index (κ1) is 25.5. The number of anilines is 1.